The molecule has 3 atom stereocenters. The molecule has 8 heteroatoms. The van der Waals surface area contributed by atoms with Gasteiger partial charge in [0.25, 0.3) is 5.91 Å². The lowest BCUT2D eigenvalue weighted by molar-refractivity contribution is -0.128. The van der Waals surface area contributed by atoms with Gasteiger partial charge in [-0.25, -0.2) is 0 Å². The van der Waals surface area contributed by atoms with Gasteiger partial charge in [-0.1, -0.05) is 43.2 Å². The minimum Gasteiger partial charge on any atom is -0.459 e. The third-order valence-electron chi connectivity index (χ3n) is 6.84. The van der Waals surface area contributed by atoms with Crippen molar-refractivity contribution in [3.05, 3.63) is 60.1 Å². The van der Waals surface area contributed by atoms with Crippen LogP contribution in [0.15, 0.2) is 53.1 Å². The molecule has 0 spiro atoms. The zero-order chi connectivity index (χ0) is 23.2. The Morgan fingerprint density at radius 1 is 1.00 bits per heavy atom. The Balaban J connectivity index is 1.34. The van der Waals surface area contributed by atoms with Crippen LogP contribution < -0.4 is 11.1 Å². The molecule has 3 amide bonds. The number of nitrogens with zero attached hydrogens (tertiary/aromatic N) is 2. The van der Waals surface area contributed by atoms with Crippen molar-refractivity contribution in [3.8, 4) is 0 Å². The van der Waals surface area contributed by atoms with Gasteiger partial charge in [-0.2, -0.15) is 0 Å². The first kappa shape index (κ1) is 23.0. The molecule has 1 saturated carbocycles. The maximum absolute atomic E-state index is 12.9. The van der Waals surface area contributed by atoms with Gasteiger partial charge >= 0.3 is 0 Å². The van der Waals surface area contributed by atoms with Crippen molar-refractivity contribution in [1.29, 1.82) is 0 Å². The van der Waals surface area contributed by atoms with Crippen LogP contribution in [-0.4, -0.2) is 59.7 Å². The van der Waals surface area contributed by atoms with Crippen molar-refractivity contribution in [3.63, 3.8) is 0 Å². The monoisotopic (exact) mass is 452 g/mol. The van der Waals surface area contributed by atoms with E-state index in [1.165, 1.54) is 6.26 Å². The van der Waals surface area contributed by atoms with Crippen molar-refractivity contribution in [1.82, 2.24) is 15.1 Å². The summed E-state index contributed by atoms with van der Waals surface area (Å²) in [4.78, 5) is 41.7. The lowest BCUT2D eigenvalue weighted by Crippen LogP contribution is -2.54. The molecule has 0 unspecified atom stereocenters. The lowest BCUT2D eigenvalue weighted by Gasteiger charge is -2.44. The number of amides is 3. The number of benzene rings is 1. The van der Waals surface area contributed by atoms with Gasteiger partial charge in [0.1, 0.15) is 6.04 Å². The van der Waals surface area contributed by atoms with E-state index in [2.05, 4.69) is 10.2 Å². The summed E-state index contributed by atoms with van der Waals surface area (Å²) < 4.78 is 5.25. The number of nitrogens with two attached hydrogens (primary N) is 1. The number of carbonyl (C=O) groups is 3. The number of piperazine rings is 1. The van der Waals surface area contributed by atoms with Crippen LogP contribution in [0, 0.1) is 5.92 Å². The summed E-state index contributed by atoms with van der Waals surface area (Å²) in [6.07, 6.45) is 6.15. The smallest absolute Gasteiger partial charge is 0.289 e. The third kappa shape index (κ3) is 5.63. The molecule has 2 aromatic rings. The molecule has 0 radical (unpaired) electrons. The summed E-state index contributed by atoms with van der Waals surface area (Å²) in [5, 5.41) is 2.85. The summed E-state index contributed by atoms with van der Waals surface area (Å²) in [7, 11) is 0. The Labute approximate surface area is 194 Å². The summed E-state index contributed by atoms with van der Waals surface area (Å²) in [5.74, 6) is -0.190. The molecule has 8 nitrogen and oxygen atoms in total. The summed E-state index contributed by atoms with van der Waals surface area (Å²) >= 11 is 0. The zero-order valence-corrected chi connectivity index (χ0v) is 18.8. The predicted molar refractivity (Wildman–Crippen MR) is 123 cm³/mol. The summed E-state index contributed by atoms with van der Waals surface area (Å²) in [5.41, 5.74) is 6.26. The molecule has 1 aromatic carbocycles. The normalized spacial score (nSPS) is 22.5. The molecule has 4 rings (SSSR count). The molecule has 2 fully saturated rings. The van der Waals surface area contributed by atoms with Crippen molar-refractivity contribution in [2.75, 3.05) is 26.2 Å². The fraction of sp³-hybridized carbons (Fsp3) is 0.480. The molecule has 0 bridgehead atoms. The minimum atomic E-state index is -0.822. The first-order chi connectivity index (χ1) is 16.0. The van der Waals surface area contributed by atoms with Crippen molar-refractivity contribution >= 4 is 17.7 Å². The first-order valence-corrected chi connectivity index (χ1v) is 11.7. The van der Waals surface area contributed by atoms with Crippen LogP contribution in [0.5, 0.6) is 0 Å². The summed E-state index contributed by atoms with van der Waals surface area (Å²) in [6.45, 7) is 2.85. The Kier molecular flexibility index (Phi) is 7.44. The molecule has 33 heavy (non-hydrogen) atoms. The number of primary amides is 1. The van der Waals surface area contributed by atoms with Gasteiger partial charge in [-0.3, -0.25) is 19.3 Å². The van der Waals surface area contributed by atoms with Gasteiger partial charge in [-0.15, -0.1) is 0 Å². The van der Waals surface area contributed by atoms with Crippen LogP contribution in [0.25, 0.3) is 0 Å². The second-order valence-corrected chi connectivity index (χ2v) is 8.94. The Bertz CT molecular complexity index is 939. The van der Waals surface area contributed by atoms with E-state index in [0.29, 0.717) is 36.9 Å². The van der Waals surface area contributed by atoms with Gasteiger partial charge in [0, 0.05) is 38.6 Å². The maximum Gasteiger partial charge on any atom is 0.289 e. The molecule has 1 aliphatic carbocycles. The van der Waals surface area contributed by atoms with Gasteiger partial charge in [-0.05, 0) is 36.5 Å². The van der Waals surface area contributed by atoms with Gasteiger partial charge in [0.05, 0.1) is 6.26 Å². The van der Waals surface area contributed by atoms with E-state index < -0.39 is 11.9 Å². The fourth-order valence-electron chi connectivity index (χ4n) is 5.14. The van der Waals surface area contributed by atoms with Crippen LogP contribution in [0.2, 0.25) is 0 Å². The fourth-order valence-corrected chi connectivity index (χ4v) is 5.14. The van der Waals surface area contributed by atoms with E-state index in [-0.39, 0.29) is 17.7 Å². The largest absolute Gasteiger partial charge is 0.459 e. The van der Waals surface area contributed by atoms with E-state index in [4.69, 9.17) is 10.2 Å². The third-order valence-corrected chi connectivity index (χ3v) is 6.84. The van der Waals surface area contributed by atoms with Crippen LogP contribution in [0.4, 0.5) is 0 Å². The molecular weight excluding hydrogens is 420 g/mol. The van der Waals surface area contributed by atoms with Gasteiger partial charge < -0.3 is 20.4 Å². The van der Waals surface area contributed by atoms with E-state index in [9.17, 15) is 14.4 Å². The predicted octanol–water partition coefficient (Wildman–Crippen LogP) is 2.33. The van der Waals surface area contributed by atoms with E-state index in [1.807, 2.05) is 23.1 Å². The van der Waals surface area contributed by atoms with E-state index in [0.717, 1.165) is 38.8 Å². The van der Waals surface area contributed by atoms with Crippen LogP contribution in [0.1, 0.15) is 54.3 Å². The van der Waals surface area contributed by atoms with Crippen molar-refractivity contribution in [2.45, 2.75) is 44.2 Å². The topological polar surface area (TPSA) is 109 Å². The number of hydrogen-bond donors (Lipinski definition) is 2. The minimum absolute atomic E-state index is 0.0716. The second-order valence-electron chi connectivity index (χ2n) is 8.94. The number of hydrogen-bond acceptors (Lipinski definition) is 5. The van der Waals surface area contributed by atoms with Gasteiger partial charge in [0.2, 0.25) is 11.8 Å². The highest BCUT2D eigenvalue weighted by molar-refractivity contribution is 5.91. The Hall–Kier alpha value is -3.13. The van der Waals surface area contributed by atoms with Gasteiger partial charge in [0.15, 0.2) is 5.76 Å². The maximum atomic E-state index is 12.9. The molecule has 176 valence electrons. The number of furan rings is 1. The average molecular weight is 453 g/mol. The molecule has 1 aromatic heterocycles. The van der Waals surface area contributed by atoms with Crippen molar-refractivity contribution in [2.24, 2.45) is 11.7 Å². The molecular formula is C25H32N4O4. The standard InChI is InChI=1S/C25H32N4O4/c26-24(31)23(18-7-2-1-3-8-18)27-22(30)17-19-9-4-5-10-20(19)28-12-14-29(15-13-28)25(32)21-11-6-16-33-21/h1-3,6-8,11,16,19-20,23H,4-5,9-10,12-15,17H2,(H2,26,31)(H,27,30)/t19-,20+,23-/m0/s1. The van der Waals surface area contributed by atoms with Crippen LogP contribution >= 0.6 is 0 Å². The highest BCUT2D eigenvalue weighted by Crippen LogP contribution is 2.32. The van der Waals surface area contributed by atoms with E-state index in [1.54, 1.807) is 24.3 Å². The quantitative estimate of drug-likeness (QED) is 0.670. The SMILES string of the molecule is NC(=O)[C@@H](NC(=O)C[C@@H]1CCCC[C@H]1N1CCN(C(=O)c2ccco2)CC1)c1ccccc1. The molecule has 1 aliphatic heterocycles. The van der Waals surface area contributed by atoms with Crippen LogP contribution in [0.3, 0.4) is 0 Å². The second kappa shape index (κ2) is 10.7. The number of rotatable bonds is 7. The number of nitrogens with one attached hydrogen (secondary N) is 1. The molecule has 2 aliphatic rings. The Morgan fingerprint density at radius 3 is 2.39 bits per heavy atom. The molecule has 2 heterocycles. The Morgan fingerprint density at radius 2 is 1.73 bits per heavy atom. The average Bonchev–Trinajstić information content (AvgIpc) is 3.38. The molecule has 1 saturated heterocycles. The van der Waals surface area contributed by atoms with Crippen LogP contribution in [-0.2, 0) is 9.59 Å². The summed E-state index contributed by atoms with van der Waals surface area (Å²) in [6, 6.07) is 12.0. The highest BCUT2D eigenvalue weighted by Gasteiger charge is 2.35. The highest BCUT2D eigenvalue weighted by atomic mass is 16.3. The zero-order valence-electron chi connectivity index (χ0n) is 18.8. The number of carbonyl (C=O) groups excluding carboxylic acids is 3. The first-order valence-electron chi connectivity index (χ1n) is 11.7. The van der Waals surface area contributed by atoms with Crippen molar-refractivity contribution < 1.29 is 18.8 Å². The molecule has 3 N–H and O–H groups in total. The van der Waals surface area contributed by atoms with E-state index >= 15 is 0 Å². The lowest BCUT2D eigenvalue weighted by atomic mass is 9.81.